The van der Waals surface area contributed by atoms with Crippen molar-refractivity contribution in [2.45, 2.75) is 45.6 Å². The van der Waals surface area contributed by atoms with Crippen LogP contribution in [0.1, 0.15) is 38.7 Å². The van der Waals surface area contributed by atoms with Crippen LogP contribution in [-0.4, -0.2) is 24.5 Å². The van der Waals surface area contributed by atoms with Crippen molar-refractivity contribution in [3.8, 4) is 5.75 Å². The molecule has 1 aromatic rings. The molecule has 0 aliphatic carbocycles. The molecule has 0 saturated carbocycles. The van der Waals surface area contributed by atoms with E-state index in [9.17, 15) is 9.59 Å². The Morgan fingerprint density at radius 1 is 1.38 bits per heavy atom. The van der Waals surface area contributed by atoms with Gasteiger partial charge in [0.05, 0.1) is 6.61 Å². The van der Waals surface area contributed by atoms with Crippen LogP contribution in [0.5, 0.6) is 5.75 Å². The lowest BCUT2D eigenvalue weighted by molar-refractivity contribution is -0.121. The van der Waals surface area contributed by atoms with Gasteiger partial charge in [0.2, 0.25) is 11.8 Å². The van der Waals surface area contributed by atoms with Crippen molar-refractivity contribution in [3.63, 3.8) is 0 Å². The van der Waals surface area contributed by atoms with Crippen LogP contribution in [0.4, 0.5) is 5.69 Å². The molecule has 1 aromatic carbocycles. The van der Waals surface area contributed by atoms with Crippen molar-refractivity contribution in [1.29, 1.82) is 0 Å². The fourth-order valence-electron chi connectivity index (χ4n) is 2.27. The van der Waals surface area contributed by atoms with Crippen molar-refractivity contribution in [3.05, 3.63) is 23.8 Å². The topological polar surface area (TPSA) is 67.4 Å². The lowest BCUT2D eigenvalue weighted by Gasteiger charge is -2.17. The average molecular weight is 290 g/mol. The zero-order chi connectivity index (χ0) is 15.2. The number of ether oxygens (including phenoxy) is 1. The standard InChI is InChI=1S/C16H22N2O3/c1-11(2)17-15(19)4-3-9-21-13-6-7-14-12(10-13)5-8-16(20)18-14/h6-7,10-11H,3-5,8-9H2,1-2H3,(H,17,19)(H,18,20). The van der Waals surface area contributed by atoms with Gasteiger partial charge in [0.15, 0.2) is 0 Å². The van der Waals surface area contributed by atoms with Gasteiger partial charge in [-0.15, -0.1) is 0 Å². The lowest BCUT2D eigenvalue weighted by atomic mass is 10.0. The number of anilines is 1. The minimum Gasteiger partial charge on any atom is -0.494 e. The number of carbonyl (C=O) groups excluding carboxylic acids is 2. The first-order valence-corrected chi connectivity index (χ1v) is 7.39. The maximum Gasteiger partial charge on any atom is 0.224 e. The van der Waals surface area contributed by atoms with Gasteiger partial charge in [0.25, 0.3) is 0 Å². The summed E-state index contributed by atoms with van der Waals surface area (Å²) in [5.74, 6) is 0.906. The highest BCUT2D eigenvalue weighted by Gasteiger charge is 2.14. The van der Waals surface area contributed by atoms with Crippen LogP contribution in [0.3, 0.4) is 0 Å². The molecule has 0 bridgehead atoms. The second kappa shape index (κ2) is 7.11. The zero-order valence-electron chi connectivity index (χ0n) is 12.6. The van der Waals surface area contributed by atoms with Gasteiger partial charge in [-0.05, 0) is 50.5 Å². The van der Waals surface area contributed by atoms with Crippen LogP contribution >= 0.6 is 0 Å². The molecule has 1 aliphatic rings. The summed E-state index contributed by atoms with van der Waals surface area (Å²) in [4.78, 5) is 22.8. The molecule has 114 valence electrons. The van der Waals surface area contributed by atoms with Gasteiger partial charge < -0.3 is 15.4 Å². The van der Waals surface area contributed by atoms with Crippen LogP contribution in [0, 0.1) is 0 Å². The van der Waals surface area contributed by atoms with Crippen LogP contribution in [0.25, 0.3) is 0 Å². The van der Waals surface area contributed by atoms with E-state index < -0.39 is 0 Å². The molecule has 0 spiro atoms. The van der Waals surface area contributed by atoms with E-state index in [-0.39, 0.29) is 17.9 Å². The molecule has 0 atom stereocenters. The summed E-state index contributed by atoms with van der Waals surface area (Å²) in [6.45, 7) is 4.40. The third-order valence-electron chi connectivity index (χ3n) is 3.24. The lowest BCUT2D eigenvalue weighted by Crippen LogP contribution is -2.30. The number of carbonyl (C=O) groups is 2. The molecule has 2 rings (SSSR count). The highest BCUT2D eigenvalue weighted by Crippen LogP contribution is 2.26. The van der Waals surface area contributed by atoms with E-state index in [0.717, 1.165) is 23.4 Å². The van der Waals surface area contributed by atoms with Gasteiger partial charge in [0.1, 0.15) is 5.75 Å². The van der Waals surface area contributed by atoms with Crippen molar-refractivity contribution in [2.75, 3.05) is 11.9 Å². The van der Waals surface area contributed by atoms with E-state index in [1.54, 1.807) is 0 Å². The molecule has 0 unspecified atom stereocenters. The Bertz CT molecular complexity index is 526. The quantitative estimate of drug-likeness (QED) is 0.790. The predicted octanol–water partition coefficient (Wildman–Crippen LogP) is 2.25. The zero-order valence-corrected chi connectivity index (χ0v) is 12.6. The summed E-state index contributed by atoms with van der Waals surface area (Å²) in [7, 11) is 0. The predicted molar refractivity (Wildman–Crippen MR) is 81.4 cm³/mol. The van der Waals surface area contributed by atoms with E-state index in [2.05, 4.69) is 10.6 Å². The summed E-state index contributed by atoms with van der Waals surface area (Å²) in [6, 6.07) is 5.85. The number of rotatable bonds is 6. The molecule has 0 radical (unpaired) electrons. The van der Waals surface area contributed by atoms with Crippen molar-refractivity contribution in [1.82, 2.24) is 5.32 Å². The molecule has 2 amide bonds. The van der Waals surface area contributed by atoms with Crippen LogP contribution in [-0.2, 0) is 16.0 Å². The SMILES string of the molecule is CC(C)NC(=O)CCCOc1ccc2c(c1)CCC(=O)N2. The highest BCUT2D eigenvalue weighted by atomic mass is 16.5. The van der Waals surface area contributed by atoms with E-state index in [4.69, 9.17) is 4.74 Å². The monoisotopic (exact) mass is 290 g/mol. The molecular weight excluding hydrogens is 268 g/mol. The minimum absolute atomic E-state index is 0.0572. The molecule has 1 aliphatic heterocycles. The van der Waals surface area contributed by atoms with Gasteiger partial charge >= 0.3 is 0 Å². The van der Waals surface area contributed by atoms with Crippen LogP contribution in [0.15, 0.2) is 18.2 Å². The van der Waals surface area contributed by atoms with Gasteiger partial charge in [0, 0.05) is 24.6 Å². The largest absolute Gasteiger partial charge is 0.494 e. The number of benzene rings is 1. The Kier molecular flexibility index (Phi) is 5.20. The molecule has 5 nitrogen and oxygen atoms in total. The maximum absolute atomic E-state index is 11.5. The fourth-order valence-corrected chi connectivity index (χ4v) is 2.27. The third kappa shape index (κ3) is 4.77. The highest BCUT2D eigenvalue weighted by molar-refractivity contribution is 5.93. The first kappa shape index (κ1) is 15.4. The van der Waals surface area contributed by atoms with Crippen molar-refractivity contribution >= 4 is 17.5 Å². The van der Waals surface area contributed by atoms with Crippen LogP contribution < -0.4 is 15.4 Å². The van der Waals surface area contributed by atoms with Crippen molar-refractivity contribution in [2.24, 2.45) is 0 Å². The van der Waals surface area contributed by atoms with E-state index in [1.807, 2.05) is 32.0 Å². The maximum atomic E-state index is 11.5. The fraction of sp³-hybridized carbons (Fsp3) is 0.500. The molecule has 0 saturated heterocycles. The Morgan fingerprint density at radius 2 is 2.19 bits per heavy atom. The van der Waals surface area contributed by atoms with Gasteiger partial charge in [-0.3, -0.25) is 9.59 Å². The Morgan fingerprint density at radius 3 is 2.95 bits per heavy atom. The summed E-state index contributed by atoms with van der Waals surface area (Å²) in [5, 5.41) is 5.69. The summed E-state index contributed by atoms with van der Waals surface area (Å²) < 4.78 is 5.66. The molecule has 21 heavy (non-hydrogen) atoms. The third-order valence-corrected chi connectivity index (χ3v) is 3.24. The van der Waals surface area contributed by atoms with Gasteiger partial charge in [-0.1, -0.05) is 0 Å². The number of amides is 2. The summed E-state index contributed by atoms with van der Waals surface area (Å²) in [6.07, 6.45) is 2.42. The van der Waals surface area contributed by atoms with E-state index >= 15 is 0 Å². The summed E-state index contributed by atoms with van der Waals surface area (Å²) >= 11 is 0. The number of hydrogen-bond acceptors (Lipinski definition) is 3. The summed E-state index contributed by atoms with van der Waals surface area (Å²) in [5.41, 5.74) is 1.97. The minimum atomic E-state index is 0.0572. The Balaban J connectivity index is 1.77. The van der Waals surface area contributed by atoms with Gasteiger partial charge in [-0.2, -0.15) is 0 Å². The van der Waals surface area contributed by atoms with Gasteiger partial charge in [-0.25, -0.2) is 0 Å². The molecule has 0 fully saturated rings. The second-order valence-corrected chi connectivity index (χ2v) is 5.54. The Labute approximate surface area is 125 Å². The first-order chi connectivity index (χ1) is 10.0. The molecule has 1 heterocycles. The first-order valence-electron chi connectivity index (χ1n) is 7.39. The van der Waals surface area contributed by atoms with Crippen molar-refractivity contribution < 1.29 is 14.3 Å². The smallest absolute Gasteiger partial charge is 0.224 e. The van der Waals surface area contributed by atoms with E-state index in [1.165, 1.54) is 0 Å². The average Bonchev–Trinajstić information content (AvgIpc) is 2.43. The molecule has 2 N–H and O–H groups in total. The Hall–Kier alpha value is -2.04. The number of fused-ring (bicyclic) bond motifs is 1. The number of nitrogens with one attached hydrogen (secondary N) is 2. The van der Waals surface area contributed by atoms with Crippen LogP contribution in [0.2, 0.25) is 0 Å². The number of aryl methyl sites for hydroxylation is 1. The normalized spacial score (nSPS) is 13.6. The van der Waals surface area contributed by atoms with E-state index in [0.29, 0.717) is 25.9 Å². The molecule has 5 heteroatoms. The second-order valence-electron chi connectivity index (χ2n) is 5.54. The number of hydrogen-bond donors (Lipinski definition) is 2. The molecular formula is C16H22N2O3. The molecule has 0 aromatic heterocycles.